The van der Waals surface area contributed by atoms with E-state index in [4.69, 9.17) is 9.79 Å². The second-order valence-corrected chi connectivity index (χ2v) is 2.56. The first kappa shape index (κ1) is 23.3. The maximum atomic E-state index is 9.86. The first-order valence-corrected chi connectivity index (χ1v) is 3.79. The third-order valence-corrected chi connectivity index (χ3v) is 0.983. The van der Waals surface area contributed by atoms with E-state index in [1.807, 2.05) is 0 Å². The predicted octanol–water partition coefficient (Wildman–Crippen LogP) is -2.24. The van der Waals surface area contributed by atoms with E-state index in [0.29, 0.717) is 6.42 Å². The van der Waals surface area contributed by atoms with Crippen molar-refractivity contribution in [2.45, 2.75) is 13.3 Å². The smallest absolute Gasteiger partial charge is 0.303 e. The summed E-state index contributed by atoms with van der Waals surface area (Å²) in [6, 6.07) is 0. The molecule has 0 atom stereocenters. The van der Waals surface area contributed by atoms with Crippen molar-refractivity contribution in [3.63, 3.8) is 0 Å². The van der Waals surface area contributed by atoms with Crippen molar-refractivity contribution in [1.29, 1.82) is 0 Å². The molecule has 0 aliphatic carbocycles. The zero-order chi connectivity index (χ0) is 6.62. The average Bonchev–Trinajstić information content (AvgIpc) is 1.59. The molecule has 0 amide bonds. The summed E-state index contributed by atoms with van der Waals surface area (Å²) in [5.74, 6) is 0. The zero-order valence-electron chi connectivity index (χ0n) is 4.57. The minimum Gasteiger partial charge on any atom is -0.303 e. The van der Waals surface area contributed by atoms with Crippen LogP contribution in [0.5, 0.6) is 0 Å². The molecule has 0 aliphatic heterocycles. The van der Waals surface area contributed by atoms with Gasteiger partial charge in [-0.2, -0.15) is 0 Å². The van der Waals surface area contributed by atoms with Crippen LogP contribution in [0.3, 0.4) is 0 Å². The highest BCUT2D eigenvalue weighted by atomic mass is 31.2. The summed E-state index contributed by atoms with van der Waals surface area (Å²) >= 11 is 0. The van der Waals surface area contributed by atoms with Crippen LogP contribution in [0.4, 0.5) is 0 Å². The minimum atomic E-state index is -4.18. The zero-order valence-corrected chi connectivity index (χ0v) is 5.47. The third-order valence-electron chi connectivity index (χ3n) is 0.464. The average molecular weight is 219 g/mol. The highest BCUT2D eigenvalue weighted by Crippen LogP contribution is 2.35. The van der Waals surface area contributed by atoms with Gasteiger partial charge in [0, 0.05) is 0 Å². The largest absolute Gasteiger partial charge is 0.469 e. The van der Waals surface area contributed by atoms with Crippen LogP contribution in [-0.4, -0.2) is 85.6 Å². The summed E-state index contributed by atoms with van der Waals surface area (Å²) in [5, 5.41) is 0. The summed E-state index contributed by atoms with van der Waals surface area (Å²) in [7, 11) is -4.18. The highest BCUT2D eigenvalue weighted by molar-refractivity contribution is 7.46. The number of rotatable bonds is 3. The maximum absolute atomic E-state index is 9.86. The fourth-order valence-electron chi connectivity index (χ4n) is 0.210. The standard InChI is InChI=1S/C3H9O4P.3Mg.6H/c1-2-3-7-8(4,5)6;;;;;;;;;/h2-3H2,1H3,(H2,4,5,6);;;;;;;;;. The molecule has 0 aliphatic rings. The molecule has 0 unspecified atom stereocenters. The van der Waals surface area contributed by atoms with Gasteiger partial charge in [-0.3, -0.25) is 4.52 Å². The number of hydrogen-bond acceptors (Lipinski definition) is 2. The van der Waals surface area contributed by atoms with Gasteiger partial charge in [0.05, 0.1) is 6.61 Å². The van der Waals surface area contributed by atoms with Crippen molar-refractivity contribution in [2.24, 2.45) is 0 Å². The maximum Gasteiger partial charge on any atom is 0.469 e. The third kappa shape index (κ3) is 24.5. The topological polar surface area (TPSA) is 66.8 Å². The molecular weight excluding hydrogens is 204 g/mol. The molecule has 0 saturated carbocycles. The van der Waals surface area contributed by atoms with E-state index in [1.165, 1.54) is 0 Å². The Kier molecular flexibility index (Phi) is 26.3. The van der Waals surface area contributed by atoms with Crippen molar-refractivity contribution in [3.8, 4) is 0 Å². The molecule has 8 heteroatoms. The lowest BCUT2D eigenvalue weighted by Gasteiger charge is -2.00. The molecular formula is C3H15Mg3O4P. The lowest BCUT2D eigenvalue weighted by atomic mass is 10.5. The van der Waals surface area contributed by atoms with Crippen LogP contribution in [-0.2, 0) is 9.09 Å². The lowest BCUT2D eigenvalue weighted by molar-refractivity contribution is 0.197. The second kappa shape index (κ2) is 12.4. The van der Waals surface area contributed by atoms with Crippen LogP contribution in [0.1, 0.15) is 13.3 Å². The molecule has 0 radical (unpaired) electrons. The van der Waals surface area contributed by atoms with Crippen molar-refractivity contribution >= 4 is 77.0 Å². The van der Waals surface area contributed by atoms with Crippen LogP contribution in [0.25, 0.3) is 0 Å². The van der Waals surface area contributed by atoms with Crippen LogP contribution >= 0.6 is 7.82 Å². The van der Waals surface area contributed by atoms with Gasteiger partial charge in [0.2, 0.25) is 0 Å². The Morgan fingerprint density at radius 2 is 1.64 bits per heavy atom. The fraction of sp³-hybridized carbons (Fsp3) is 1.00. The molecule has 4 nitrogen and oxygen atoms in total. The number of phosphoric ester groups is 1. The molecule has 0 aromatic rings. The van der Waals surface area contributed by atoms with Gasteiger partial charge in [0.15, 0.2) is 0 Å². The molecule has 0 rings (SSSR count). The van der Waals surface area contributed by atoms with Gasteiger partial charge >= 0.3 is 77.0 Å². The van der Waals surface area contributed by atoms with E-state index in [1.54, 1.807) is 6.92 Å². The SMILES string of the molecule is CCCOP(=O)(O)O.[MgH2].[MgH2].[MgH2]. The Hall–Kier alpha value is 2.41. The van der Waals surface area contributed by atoms with Crippen LogP contribution < -0.4 is 0 Å². The van der Waals surface area contributed by atoms with Gasteiger partial charge in [-0.05, 0) is 6.42 Å². The van der Waals surface area contributed by atoms with E-state index in [0.717, 1.165) is 0 Å². The molecule has 0 spiro atoms. The highest BCUT2D eigenvalue weighted by Gasteiger charge is 2.11. The van der Waals surface area contributed by atoms with Gasteiger partial charge in [-0.15, -0.1) is 0 Å². The molecule has 0 heterocycles. The monoisotopic (exact) mass is 218 g/mol. The molecule has 2 N–H and O–H groups in total. The first-order chi connectivity index (χ1) is 3.56. The quantitative estimate of drug-likeness (QED) is 0.416. The molecule has 62 valence electrons. The van der Waals surface area contributed by atoms with E-state index in [9.17, 15) is 4.57 Å². The van der Waals surface area contributed by atoms with Crippen molar-refractivity contribution in [3.05, 3.63) is 0 Å². The molecule has 0 fully saturated rings. The molecule has 11 heavy (non-hydrogen) atoms. The second-order valence-electron chi connectivity index (χ2n) is 1.32. The van der Waals surface area contributed by atoms with Gasteiger partial charge < -0.3 is 9.79 Å². The Morgan fingerprint density at radius 1 is 1.27 bits per heavy atom. The summed E-state index contributed by atoms with van der Waals surface area (Å²) < 4.78 is 13.9. The predicted molar refractivity (Wildman–Crippen MR) is 53.9 cm³/mol. The first-order valence-electron chi connectivity index (χ1n) is 2.26. The molecule has 0 saturated heterocycles. The van der Waals surface area contributed by atoms with Crippen LogP contribution in [0.2, 0.25) is 0 Å². The normalized spacial score (nSPS) is 8.64. The summed E-state index contributed by atoms with van der Waals surface area (Å²) in [4.78, 5) is 16.1. The Labute approximate surface area is 115 Å². The molecule has 0 bridgehead atoms. The van der Waals surface area contributed by atoms with E-state index < -0.39 is 7.82 Å². The number of hydrogen-bond donors (Lipinski definition) is 2. The minimum absolute atomic E-state index is 0. The fourth-order valence-corrected chi connectivity index (χ4v) is 0.631. The summed E-state index contributed by atoms with van der Waals surface area (Å²) in [6.45, 7) is 1.89. The van der Waals surface area contributed by atoms with E-state index in [2.05, 4.69) is 4.52 Å². The van der Waals surface area contributed by atoms with Crippen LogP contribution in [0, 0.1) is 0 Å². The summed E-state index contributed by atoms with van der Waals surface area (Å²) in [6.07, 6.45) is 0.616. The van der Waals surface area contributed by atoms with E-state index >= 15 is 0 Å². The Balaban J connectivity index is -0.0000000817. The van der Waals surface area contributed by atoms with Gasteiger partial charge in [-0.1, -0.05) is 6.92 Å². The van der Waals surface area contributed by atoms with Crippen molar-refractivity contribution in [2.75, 3.05) is 6.61 Å². The van der Waals surface area contributed by atoms with Crippen molar-refractivity contribution in [1.82, 2.24) is 0 Å². The number of phosphoric acid groups is 1. The van der Waals surface area contributed by atoms with E-state index in [-0.39, 0.29) is 75.8 Å². The molecule has 0 aromatic heterocycles. The Morgan fingerprint density at radius 3 is 1.73 bits per heavy atom. The molecule has 0 aromatic carbocycles. The van der Waals surface area contributed by atoms with Gasteiger partial charge in [0.1, 0.15) is 0 Å². The van der Waals surface area contributed by atoms with Gasteiger partial charge in [-0.25, -0.2) is 4.57 Å². The van der Waals surface area contributed by atoms with Gasteiger partial charge in [0.25, 0.3) is 0 Å². The lowest BCUT2D eigenvalue weighted by Crippen LogP contribution is -1.88. The van der Waals surface area contributed by atoms with Crippen LogP contribution in [0.15, 0.2) is 0 Å². The van der Waals surface area contributed by atoms with Crippen molar-refractivity contribution < 1.29 is 18.9 Å². The summed E-state index contributed by atoms with van der Waals surface area (Å²) in [5.41, 5.74) is 0. The Bertz CT molecular complexity index is 105.